The van der Waals surface area contributed by atoms with E-state index in [0.717, 1.165) is 0 Å². The number of amides is 1. The first kappa shape index (κ1) is 17.7. The van der Waals surface area contributed by atoms with E-state index in [4.69, 9.17) is 27.9 Å². The Morgan fingerprint density at radius 2 is 1.96 bits per heavy atom. The molecule has 2 rings (SSSR count). The highest BCUT2D eigenvalue weighted by Gasteiger charge is 2.12. The molecule has 5 nitrogen and oxygen atoms in total. The Balaban J connectivity index is 2.16. The first-order valence-electron chi connectivity index (χ1n) is 6.80. The number of anilines is 2. The summed E-state index contributed by atoms with van der Waals surface area (Å²) in [5.74, 6) is -0.152. The molecule has 1 amide bonds. The van der Waals surface area contributed by atoms with E-state index < -0.39 is 5.91 Å². The van der Waals surface area contributed by atoms with E-state index in [1.54, 1.807) is 36.4 Å². The SMILES string of the molecule is COc1ccc(Cl)cc1NC(=O)/C(C#N)=C\Nc1cccc(Cl)c1. The fourth-order valence-corrected chi connectivity index (χ4v) is 2.21. The zero-order valence-corrected chi connectivity index (χ0v) is 14.2. The molecule has 0 atom stereocenters. The monoisotopic (exact) mass is 361 g/mol. The number of carbonyl (C=O) groups excluding carboxylic acids is 1. The minimum absolute atomic E-state index is 0.114. The van der Waals surface area contributed by atoms with Gasteiger partial charge in [0.1, 0.15) is 17.4 Å². The molecular formula is C17H13Cl2N3O2. The number of nitriles is 1. The Labute approximate surface area is 149 Å². The predicted molar refractivity (Wildman–Crippen MR) is 95.4 cm³/mol. The van der Waals surface area contributed by atoms with Crippen LogP contribution in [0.5, 0.6) is 5.75 Å². The lowest BCUT2D eigenvalue weighted by atomic mass is 10.2. The number of nitrogens with one attached hydrogen (secondary N) is 2. The average Bonchev–Trinajstić information content (AvgIpc) is 2.55. The third-order valence-corrected chi connectivity index (χ3v) is 3.45. The van der Waals surface area contributed by atoms with Crippen LogP contribution in [0, 0.1) is 11.3 Å². The van der Waals surface area contributed by atoms with E-state index in [9.17, 15) is 10.1 Å². The molecule has 2 aromatic rings. The zero-order valence-electron chi connectivity index (χ0n) is 12.6. The van der Waals surface area contributed by atoms with Crippen LogP contribution in [0.4, 0.5) is 11.4 Å². The molecule has 7 heteroatoms. The van der Waals surface area contributed by atoms with Gasteiger partial charge in [-0.05, 0) is 36.4 Å². The molecule has 2 N–H and O–H groups in total. The van der Waals surface area contributed by atoms with Crippen LogP contribution in [0.15, 0.2) is 54.2 Å². The molecule has 0 aromatic heterocycles. The standard InChI is InChI=1S/C17H13Cl2N3O2/c1-24-16-6-5-13(19)8-15(16)22-17(23)11(9-20)10-21-14-4-2-3-12(18)7-14/h2-8,10,21H,1H3,(H,22,23)/b11-10-. The van der Waals surface area contributed by atoms with E-state index in [2.05, 4.69) is 10.6 Å². The van der Waals surface area contributed by atoms with Crippen LogP contribution < -0.4 is 15.4 Å². The van der Waals surface area contributed by atoms with Crippen LogP contribution in [-0.4, -0.2) is 13.0 Å². The summed E-state index contributed by atoms with van der Waals surface area (Å²) < 4.78 is 5.15. The van der Waals surface area contributed by atoms with Crippen molar-refractivity contribution in [3.05, 3.63) is 64.3 Å². The molecule has 0 aliphatic rings. The van der Waals surface area contributed by atoms with E-state index >= 15 is 0 Å². The van der Waals surface area contributed by atoms with Gasteiger partial charge in [-0.3, -0.25) is 4.79 Å². The number of nitrogens with zero attached hydrogens (tertiary/aromatic N) is 1. The van der Waals surface area contributed by atoms with Crippen molar-refractivity contribution in [2.75, 3.05) is 17.7 Å². The van der Waals surface area contributed by atoms with Gasteiger partial charge < -0.3 is 15.4 Å². The van der Waals surface area contributed by atoms with Gasteiger partial charge in [-0.25, -0.2) is 0 Å². The van der Waals surface area contributed by atoms with Crippen molar-refractivity contribution in [2.24, 2.45) is 0 Å². The maximum Gasteiger partial charge on any atom is 0.267 e. The number of rotatable bonds is 5. The maximum atomic E-state index is 12.2. The molecule has 0 radical (unpaired) electrons. The van der Waals surface area contributed by atoms with E-state index in [1.807, 2.05) is 6.07 Å². The van der Waals surface area contributed by atoms with Crippen LogP contribution >= 0.6 is 23.2 Å². The van der Waals surface area contributed by atoms with Crippen molar-refractivity contribution in [2.45, 2.75) is 0 Å². The highest BCUT2D eigenvalue weighted by atomic mass is 35.5. The fourth-order valence-electron chi connectivity index (χ4n) is 1.85. The second kappa shape index (κ2) is 8.25. The smallest absolute Gasteiger partial charge is 0.267 e. The second-order valence-electron chi connectivity index (χ2n) is 4.62. The molecule has 0 saturated carbocycles. The number of benzene rings is 2. The van der Waals surface area contributed by atoms with Crippen molar-refractivity contribution >= 4 is 40.5 Å². The van der Waals surface area contributed by atoms with Gasteiger partial charge in [0.15, 0.2) is 0 Å². The van der Waals surface area contributed by atoms with Crippen LogP contribution in [0.3, 0.4) is 0 Å². The summed E-state index contributed by atoms with van der Waals surface area (Å²) in [6.07, 6.45) is 1.30. The summed E-state index contributed by atoms with van der Waals surface area (Å²) in [6, 6.07) is 13.5. The number of hydrogen-bond acceptors (Lipinski definition) is 4. The molecule has 0 fully saturated rings. The number of halogens is 2. The molecule has 0 unspecified atom stereocenters. The Morgan fingerprint density at radius 3 is 2.62 bits per heavy atom. The minimum Gasteiger partial charge on any atom is -0.495 e. The van der Waals surface area contributed by atoms with Crippen molar-refractivity contribution < 1.29 is 9.53 Å². The Hall–Kier alpha value is -2.68. The van der Waals surface area contributed by atoms with Crippen LogP contribution in [-0.2, 0) is 4.79 Å². The summed E-state index contributed by atoms with van der Waals surface area (Å²) >= 11 is 11.8. The Kier molecular flexibility index (Phi) is 6.07. The Morgan fingerprint density at radius 1 is 1.21 bits per heavy atom. The molecule has 24 heavy (non-hydrogen) atoms. The highest BCUT2D eigenvalue weighted by molar-refractivity contribution is 6.31. The van der Waals surface area contributed by atoms with Gasteiger partial charge in [-0.15, -0.1) is 0 Å². The maximum absolute atomic E-state index is 12.2. The fraction of sp³-hybridized carbons (Fsp3) is 0.0588. The van der Waals surface area contributed by atoms with Gasteiger partial charge >= 0.3 is 0 Å². The predicted octanol–water partition coefficient (Wildman–Crippen LogP) is 4.46. The summed E-state index contributed by atoms with van der Waals surface area (Å²) in [4.78, 5) is 12.2. The lowest BCUT2D eigenvalue weighted by Crippen LogP contribution is -2.15. The molecule has 0 aliphatic heterocycles. The number of methoxy groups -OCH3 is 1. The molecule has 0 saturated heterocycles. The van der Waals surface area contributed by atoms with Crippen molar-refractivity contribution in [3.8, 4) is 11.8 Å². The first-order valence-corrected chi connectivity index (χ1v) is 7.56. The molecule has 0 aliphatic carbocycles. The van der Waals surface area contributed by atoms with Crippen LogP contribution in [0.1, 0.15) is 0 Å². The van der Waals surface area contributed by atoms with E-state index in [-0.39, 0.29) is 5.57 Å². The quantitative estimate of drug-likeness (QED) is 0.608. The lowest BCUT2D eigenvalue weighted by Gasteiger charge is -2.10. The molecule has 2 aromatic carbocycles. The van der Waals surface area contributed by atoms with E-state index in [1.165, 1.54) is 19.4 Å². The molecular weight excluding hydrogens is 349 g/mol. The Bertz CT molecular complexity index is 829. The summed E-state index contributed by atoms with van der Waals surface area (Å²) in [5, 5.41) is 15.6. The first-order chi connectivity index (χ1) is 11.5. The van der Waals surface area contributed by atoms with Gasteiger partial charge in [0, 0.05) is 21.9 Å². The third-order valence-electron chi connectivity index (χ3n) is 2.98. The van der Waals surface area contributed by atoms with Crippen LogP contribution in [0.2, 0.25) is 10.0 Å². The average molecular weight is 362 g/mol. The summed E-state index contributed by atoms with van der Waals surface area (Å²) in [7, 11) is 1.47. The van der Waals surface area contributed by atoms with Gasteiger partial charge in [0.25, 0.3) is 5.91 Å². The van der Waals surface area contributed by atoms with E-state index in [0.29, 0.717) is 27.2 Å². The number of hydrogen-bond donors (Lipinski definition) is 2. The summed E-state index contributed by atoms with van der Waals surface area (Å²) in [6.45, 7) is 0. The van der Waals surface area contributed by atoms with Gasteiger partial charge in [-0.2, -0.15) is 5.26 Å². The topological polar surface area (TPSA) is 74.1 Å². The van der Waals surface area contributed by atoms with Gasteiger partial charge in [0.2, 0.25) is 0 Å². The molecule has 0 spiro atoms. The normalized spacial score (nSPS) is 10.7. The molecule has 0 heterocycles. The highest BCUT2D eigenvalue weighted by Crippen LogP contribution is 2.28. The molecule has 0 bridgehead atoms. The minimum atomic E-state index is -0.590. The van der Waals surface area contributed by atoms with Gasteiger partial charge in [-0.1, -0.05) is 29.3 Å². The van der Waals surface area contributed by atoms with Crippen molar-refractivity contribution in [1.82, 2.24) is 0 Å². The second-order valence-corrected chi connectivity index (χ2v) is 5.50. The molecule has 122 valence electrons. The number of carbonyl (C=O) groups is 1. The third kappa shape index (κ3) is 4.66. The summed E-state index contributed by atoms with van der Waals surface area (Å²) in [5.41, 5.74) is 0.916. The van der Waals surface area contributed by atoms with Crippen molar-refractivity contribution in [3.63, 3.8) is 0 Å². The zero-order chi connectivity index (χ0) is 17.5. The lowest BCUT2D eigenvalue weighted by molar-refractivity contribution is -0.112. The number of ether oxygens (including phenoxy) is 1. The van der Waals surface area contributed by atoms with Gasteiger partial charge in [0.05, 0.1) is 12.8 Å². The largest absolute Gasteiger partial charge is 0.495 e. The van der Waals surface area contributed by atoms with Crippen molar-refractivity contribution in [1.29, 1.82) is 5.26 Å². The van der Waals surface area contributed by atoms with Crippen LogP contribution in [0.25, 0.3) is 0 Å².